The first-order chi connectivity index (χ1) is 12.6. The van der Waals surface area contributed by atoms with E-state index in [4.69, 9.17) is 26.8 Å². The number of methoxy groups -OCH3 is 2. The monoisotopic (exact) mass is 372 g/mol. The Morgan fingerprint density at radius 2 is 1.73 bits per heavy atom. The second-order valence-electron chi connectivity index (χ2n) is 6.44. The highest BCUT2D eigenvalue weighted by molar-refractivity contribution is 6.36. The number of halogens is 1. The number of aromatic amines is 1. The highest BCUT2D eigenvalue weighted by Crippen LogP contribution is 2.39. The van der Waals surface area contributed by atoms with Gasteiger partial charge >= 0.3 is 0 Å². The van der Waals surface area contributed by atoms with Gasteiger partial charge in [0.05, 0.1) is 30.5 Å². The first-order valence-electron chi connectivity index (χ1n) is 8.82. The van der Waals surface area contributed by atoms with Gasteiger partial charge in [-0.25, -0.2) is 0 Å². The van der Waals surface area contributed by atoms with Crippen molar-refractivity contribution < 1.29 is 9.47 Å². The summed E-state index contributed by atoms with van der Waals surface area (Å²) >= 11 is 6.57. The quantitative estimate of drug-likeness (QED) is 0.567. The summed E-state index contributed by atoms with van der Waals surface area (Å²) in [6, 6.07) is 9.92. The fraction of sp³-hybridized carbons (Fsp3) is 0.333. The van der Waals surface area contributed by atoms with Crippen LogP contribution in [-0.4, -0.2) is 25.7 Å². The minimum absolute atomic E-state index is 0.692. The Morgan fingerprint density at radius 3 is 2.35 bits per heavy atom. The van der Waals surface area contributed by atoms with Crippen LogP contribution < -0.4 is 15.2 Å². The molecule has 0 aliphatic rings. The number of benzene rings is 2. The molecule has 1 heterocycles. The summed E-state index contributed by atoms with van der Waals surface area (Å²) in [5.74, 6) is 1.52. The highest BCUT2D eigenvalue weighted by atomic mass is 35.5. The van der Waals surface area contributed by atoms with Crippen molar-refractivity contribution in [3.8, 4) is 22.8 Å². The van der Waals surface area contributed by atoms with Gasteiger partial charge in [0.25, 0.3) is 0 Å². The number of nitrogens with one attached hydrogen (secondary N) is 1. The van der Waals surface area contributed by atoms with Crippen LogP contribution >= 0.6 is 11.6 Å². The van der Waals surface area contributed by atoms with Crippen molar-refractivity contribution >= 4 is 22.5 Å². The molecule has 0 aliphatic heterocycles. The maximum Gasteiger partial charge on any atom is 0.123 e. The third-order valence-corrected chi connectivity index (χ3v) is 5.05. The van der Waals surface area contributed by atoms with Gasteiger partial charge in [0.15, 0.2) is 0 Å². The zero-order valence-electron chi connectivity index (χ0n) is 15.5. The lowest BCUT2D eigenvalue weighted by atomic mass is 9.99. The zero-order chi connectivity index (χ0) is 18.7. The molecule has 138 valence electrons. The van der Waals surface area contributed by atoms with Gasteiger partial charge in [-0.2, -0.15) is 0 Å². The van der Waals surface area contributed by atoms with Crippen LogP contribution in [0.15, 0.2) is 30.3 Å². The summed E-state index contributed by atoms with van der Waals surface area (Å²) in [6.45, 7) is 2.78. The van der Waals surface area contributed by atoms with Crippen LogP contribution in [0.3, 0.4) is 0 Å². The first kappa shape index (κ1) is 18.6. The maximum atomic E-state index is 6.57. The number of H-pyrrole nitrogens is 1. The van der Waals surface area contributed by atoms with E-state index < -0.39 is 0 Å². The smallest absolute Gasteiger partial charge is 0.123 e. The molecule has 3 rings (SSSR count). The molecule has 0 radical (unpaired) electrons. The predicted octanol–water partition coefficient (Wildman–Crippen LogP) is 5.10. The normalized spacial score (nSPS) is 11.1. The summed E-state index contributed by atoms with van der Waals surface area (Å²) in [6.07, 6.45) is 2.91. The van der Waals surface area contributed by atoms with Crippen molar-refractivity contribution in [2.24, 2.45) is 5.73 Å². The molecule has 0 saturated carbocycles. The third kappa shape index (κ3) is 3.53. The molecule has 0 fully saturated rings. The summed E-state index contributed by atoms with van der Waals surface area (Å²) in [4.78, 5) is 3.59. The van der Waals surface area contributed by atoms with E-state index in [2.05, 4.69) is 11.9 Å². The van der Waals surface area contributed by atoms with Gasteiger partial charge in [0.1, 0.15) is 11.5 Å². The van der Waals surface area contributed by atoms with E-state index in [0.29, 0.717) is 6.54 Å². The van der Waals surface area contributed by atoms with Crippen LogP contribution in [0.5, 0.6) is 11.5 Å². The number of ether oxygens (including phenoxy) is 2. The second-order valence-corrected chi connectivity index (χ2v) is 6.85. The lowest BCUT2D eigenvalue weighted by Crippen LogP contribution is -1.99. The molecule has 0 bridgehead atoms. The number of nitrogens with two attached hydrogens (primary N) is 1. The maximum absolute atomic E-state index is 6.57. The number of hydrogen-bond acceptors (Lipinski definition) is 3. The molecule has 0 spiro atoms. The number of fused-ring (bicyclic) bond motifs is 1. The van der Waals surface area contributed by atoms with E-state index in [1.54, 1.807) is 14.2 Å². The number of hydrogen-bond donors (Lipinski definition) is 2. The predicted molar refractivity (Wildman–Crippen MR) is 109 cm³/mol. The Kier molecular flexibility index (Phi) is 5.74. The molecule has 0 atom stereocenters. The van der Waals surface area contributed by atoms with Crippen molar-refractivity contribution in [3.63, 3.8) is 0 Å². The minimum Gasteiger partial charge on any atom is -0.497 e. The van der Waals surface area contributed by atoms with Crippen molar-refractivity contribution in [2.75, 3.05) is 20.8 Å². The lowest BCUT2D eigenvalue weighted by Gasteiger charge is -2.10. The molecular formula is C21H25ClN2O2. The van der Waals surface area contributed by atoms with Crippen LogP contribution in [0.4, 0.5) is 0 Å². The van der Waals surface area contributed by atoms with E-state index in [1.165, 1.54) is 11.1 Å². The summed E-state index contributed by atoms with van der Waals surface area (Å²) < 4.78 is 10.9. The van der Waals surface area contributed by atoms with Gasteiger partial charge in [-0.3, -0.25) is 0 Å². The Labute approximate surface area is 159 Å². The summed E-state index contributed by atoms with van der Waals surface area (Å²) in [5, 5.41) is 1.87. The molecular weight excluding hydrogens is 348 g/mol. The molecule has 3 N–H and O–H groups in total. The molecule has 1 aromatic heterocycles. The highest BCUT2D eigenvalue weighted by Gasteiger charge is 2.18. The standard InChI is InChI=1S/C21H25ClN2O2/c1-13-7-8-18(22)19-17(6-4-5-9-23)21(24-20(13)19)14-10-15(25-2)12-16(11-14)26-3/h7-8,10-12,24H,4-6,9,23H2,1-3H3. The Morgan fingerprint density at radius 1 is 1.04 bits per heavy atom. The van der Waals surface area contributed by atoms with E-state index in [0.717, 1.165) is 57.9 Å². The fourth-order valence-electron chi connectivity index (χ4n) is 3.36. The van der Waals surface area contributed by atoms with Crippen LogP contribution in [0, 0.1) is 6.92 Å². The van der Waals surface area contributed by atoms with E-state index in [9.17, 15) is 0 Å². The number of aromatic nitrogens is 1. The Bertz CT molecular complexity index is 896. The van der Waals surface area contributed by atoms with Crippen molar-refractivity contribution in [1.29, 1.82) is 0 Å². The van der Waals surface area contributed by atoms with Gasteiger partial charge in [0.2, 0.25) is 0 Å². The number of aryl methyl sites for hydroxylation is 2. The second kappa shape index (κ2) is 8.02. The van der Waals surface area contributed by atoms with Crippen molar-refractivity contribution in [2.45, 2.75) is 26.2 Å². The molecule has 0 aliphatic carbocycles. The molecule has 3 aromatic rings. The topological polar surface area (TPSA) is 60.3 Å². The van der Waals surface area contributed by atoms with Crippen LogP contribution in [-0.2, 0) is 6.42 Å². The Hall–Kier alpha value is -2.17. The zero-order valence-corrected chi connectivity index (χ0v) is 16.2. The minimum atomic E-state index is 0.692. The summed E-state index contributed by atoms with van der Waals surface area (Å²) in [5.41, 5.74) is 11.2. The van der Waals surface area contributed by atoms with Gasteiger partial charge in [-0.1, -0.05) is 17.7 Å². The van der Waals surface area contributed by atoms with Crippen LogP contribution in [0.25, 0.3) is 22.2 Å². The molecule has 0 saturated heterocycles. The van der Waals surface area contributed by atoms with Crippen LogP contribution in [0.2, 0.25) is 5.02 Å². The lowest BCUT2D eigenvalue weighted by molar-refractivity contribution is 0.394. The molecule has 4 nitrogen and oxygen atoms in total. The van der Waals surface area contributed by atoms with E-state index >= 15 is 0 Å². The molecule has 2 aromatic carbocycles. The van der Waals surface area contributed by atoms with Gasteiger partial charge in [0, 0.05) is 17.0 Å². The van der Waals surface area contributed by atoms with Gasteiger partial charge < -0.3 is 20.2 Å². The van der Waals surface area contributed by atoms with Crippen molar-refractivity contribution in [1.82, 2.24) is 4.98 Å². The average molecular weight is 373 g/mol. The first-order valence-corrected chi connectivity index (χ1v) is 9.20. The summed E-state index contributed by atoms with van der Waals surface area (Å²) in [7, 11) is 3.32. The third-order valence-electron chi connectivity index (χ3n) is 4.74. The van der Waals surface area contributed by atoms with Crippen molar-refractivity contribution in [3.05, 3.63) is 46.5 Å². The molecule has 0 amide bonds. The number of unbranched alkanes of at least 4 members (excludes halogenated alkanes) is 1. The largest absolute Gasteiger partial charge is 0.497 e. The van der Waals surface area contributed by atoms with Crippen LogP contribution in [0.1, 0.15) is 24.0 Å². The fourth-order valence-corrected chi connectivity index (χ4v) is 3.63. The molecule has 5 heteroatoms. The Balaban J connectivity index is 2.23. The van der Waals surface area contributed by atoms with E-state index in [1.807, 2.05) is 30.3 Å². The molecule has 0 unspecified atom stereocenters. The van der Waals surface area contributed by atoms with Gasteiger partial charge in [-0.05, 0) is 62.1 Å². The SMILES string of the molecule is COc1cc(OC)cc(-c2[nH]c3c(C)ccc(Cl)c3c2CCCCN)c1. The average Bonchev–Trinajstić information content (AvgIpc) is 3.05. The number of rotatable bonds is 7. The van der Waals surface area contributed by atoms with E-state index in [-0.39, 0.29) is 0 Å². The molecule has 26 heavy (non-hydrogen) atoms. The van der Waals surface area contributed by atoms with Gasteiger partial charge in [-0.15, -0.1) is 0 Å².